The van der Waals surface area contributed by atoms with E-state index >= 15 is 0 Å². The van der Waals surface area contributed by atoms with Gasteiger partial charge in [-0.1, -0.05) is 24.4 Å². The van der Waals surface area contributed by atoms with Crippen LogP contribution in [0, 0.1) is 0 Å². The molecule has 0 radical (unpaired) electrons. The third-order valence-electron chi connectivity index (χ3n) is 4.58. The van der Waals surface area contributed by atoms with Crippen molar-refractivity contribution in [1.29, 1.82) is 0 Å². The van der Waals surface area contributed by atoms with Crippen LogP contribution < -0.4 is 5.73 Å². The Hall–Kier alpha value is -0.940. The molecule has 5 heteroatoms. The molecule has 0 amide bonds. The third kappa shape index (κ3) is 3.04. The SMILES string of the molecule is CC(N)(COC1CCC1)c1noc(C2CCCCC2)n1. The molecule has 2 N–H and O–H groups in total. The van der Waals surface area contributed by atoms with Gasteiger partial charge in [0, 0.05) is 5.92 Å². The predicted octanol–water partition coefficient (Wildman–Crippen LogP) is 2.86. The maximum Gasteiger partial charge on any atom is 0.229 e. The first kappa shape index (κ1) is 14.0. The molecule has 1 unspecified atom stereocenters. The topological polar surface area (TPSA) is 74.2 Å². The summed E-state index contributed by atoms with van der Waals surface area (Å²) in [4.78, 5) is 4.54. The van der Waals surface area contributed by atoms with Crippen LogP contribution >= 0.6 is 0 Å². The van der Waals surface area contributed by atoms with E-state index in [0.717, 1.165) is 31.6 Å². The Morgan fingerprint density at radius 2 is 1.95 bits per heavy atom. The molecule has 112 valence electrons. The van der Waals surface area contributed by atoms with Gasteiger partial charge in [-0.15, -0.1) is 0 Å². The lowest BCUT2D eigenvalue weighted by atomic mass is 9.89. The van der Waals surface area contributed by atoms with Crippen LogP contribution in [0.5, 0.6) is 0 Å². The monoisotopic (exact) mass is 279 g/mol. The van der Waals surface area contributed by atoms with Crippen LogP contribution in [0.2, 0.25) is 0 Å². The highest BCUT2D eigenvalue weighted by atomic mass is 16.5. The summed E-state index contributed by atoms with van der Waals surface area (Å²) in [6, 6.07) is 0. The standard InChI is InChI=1S/C15H25N3O2/c1-15(16,10-19-12-8-5-9-12)14-17-13(20-18-14)11-6-3-2-4-7-11/h11-12H,2-10,16H2,1H3. The second-order valence-electron chi connectivity index (χ2n) is 6.57. The van der Waals surface area contributed by atoms with Crippen molar-refractivity contribution in [2.75, 3.05) is 6.61 Å². The molecule has 2 saturated carbocycles. The van der Waals surface area contributed by atoms with Crippen LogP contribution in [0.15, 0.2) is 4.52 Å². The molecular weight excluding hydrogens is 254 g/mol. The summed E-state index contributed by atoms with van der Waals surface area (Å²) in [5.74, 6) is 1.77. The van der Waals surface area contributed by atoms with Crippen LogP contribution in [0.4, 0.5) is 0 Å². The number of hydrogen-bond donors (Lipinski definition) is 1. The molecule has 20 heavy (non-hydrogen) atoms. The van der Waals surface area contributed by atoms with Gasteiger partial charge in [0.25, 0.3) is 0 Å². The van der Waals surface area contributed by atoms with Crippen molar-refractivity contribution in [3.8, 4) is 0 Å². The number of hydrogen-bond acceptors (Lipinski definition) is 5. The smallest absolute Gasteiger partial charge is 0.229 e. The molecule has 0 aliphatic heterocycles. The van der Waals surface area contributed by atoms with E-state index in [1.807, 2.05) is 6.92 Å². The fraction of sp³-hybridized carbons (Fsp3) is 0.867. The first-order valence-electron chi connectivity index (χ1n) is 7.90. The molecular formula is C15H25N3O2. The van der Waals surface area contributed by atoms with E-state index in [4.69, 9.17) is 15.0 Å². The zero-order valence-corrected chi connectivity index (χ0v) is 12.3. The molecule has 1 atom stereocenters. The van der Waals surface area contributed by atoms with Crippen molar-refractivity contribution in [2.45, 2.75) is 75.9 Å². The fourth-order valence-corrected chi connectivity index (χ4v) is 2.88. The van der Waals surface area contributed by atoms with Crippen LogP contribution in [0.25, 0.3) is 0 Å². The van der Waals surface area contributed by atoms with Gasteiger partial charge in [-0.3, -0.25) is 0 Å². The van der Waals surface area contributed by atoms with E-state index < -0.39 is 5.54 Å². The quantitative estimate of drug-likeness (QED) is 0.897. The van der Waals surface area contributed by atoms with Crippen molar-refractivity contribution in [1.82, 2.24) is 10.1 Å². The van der Waals surface area contributed by atoms with Crippen molar-refractivity contribution in [3.05, 3.63) is 11.7 Å². The Morgan fingerprint density at radius 1 is 1.20 bits per heavy atom. The van der Waals surface area contributed by atoms with Crippen LogP contribution in [0.3, 0.4) is 0 Å². The highest BCUT2D eigenvalue weighted by Gasteiger charge is 2.32. The average molecular weight is 279 g/mol. The third-order valence-corrected chi connectivity index (χ3v) is 4.58. The molecule has 5 nitrogen and oxygen atoms in total. The highest BCUT2D eigenvalue weighted by molar-refractivity contribution is 5.04. The van der Waals surface area contributed by atoms with Gasteiger partial charge in [-0.05, 0) is 39.0 Å². The van der Waals surface area contributed by atoms with Gasteiger partial charge in [0.05, 0.1) is 12.7 Å². The summed E-state index contributed by atoms with van der Waals surface area (Å²) >= 11 is 0. The molecule has 0 bridgehead atoms. The Bertz CT molecular complexity index is 434. The lowest BCUT2D eigenvalue weighted by molar-refractivity contribution is -0.0222. The second kappa shape index (κ2) is 5.82. The Kier molecular flexibility index (Phi) is 4.08. The molecule has 1 heterocycles. The molecule has 0 aromatic carbocycles. The van der Waals surface area contributed by atoms with E-state index in [1.165, 1.54) is 25.7 Å². The maximum absolute atomic E-state index is 6.30. The van der Waals surface area contributed by atoms with Gasteiger partial charge in [-0.2, -0.15) is 4.98 Å². The minimum Gasteiger partial charge on any atom is -0.376 e. The summed E-state index contributed by atoms with van der Waals surface area (Å²) in [7, 11) is 0. The van der Waals surface area contributed by atoms with Gasteiger partial charge < -0.3 is 15.0 Å². The zero-order valence-electron chi connectivity index (χ0n) is 12.3. The number of ether oxygens (including phenoxy) is 1. The molecule has 0 spiro atoms. The number of nitrogens with zero attached hydrogens (tertiary/aromatic N) is 2. The van der Waals surface area contributed by atoms with Gasteiger partial charge in [0.1, 0.15) is 5.54 Å². The molecule has 2 aliphatic rings. The lowest BCUT2D eigenvalue weighted by Gasteiger charge is -2.29. The zero-order chi connectivity index (χ0) is 14.0. The predicted molar refractivity (Wildman–Crippen MR) is 75.3 cm³/mol. The number of aromatic nitrogens is 2. The van der Waals surface area contributed by atoms with Crippen molar-refractivity contribution in [3.63, 3.8) is 0 Å². The molecule has 2 fully saturated rings. The molecule has 0 saturated heterocycles. The summed E-state index contributed by atoms with van der Waals surface area (Å²) in [5, 5.41) is 4.09. The molecule has 2 aliphatic carbocycles. The summed E-state index contributed by atoms with van der Waals surface area (Å²) < 4.78 is 11.2. The number of nitrogens with two attached hydrogens (primary N) is 1. The summed E-state index contributed by atoms with van der Waals surface area (Å²) in [6.45, 7) is 2.38. The van der Waals surface area contributed by atoms with Crippen LogP contribution in [-0.4, -0.2) is 22.9 Å². The molecule has 3 rings (SSSR count). The first-order valence-corrected chi connectivity index (χ1v) is 7.90. The highest BCUT2D eigenvalue weighted by Crippen LogP contribution is 2.32. The Labute approximate surface area is 120 Å². The van der Waals surface area contributed by atoms with Crippen molar-refractivity contribution < 1.29 is 9.26 Å². The van der Waals surface area contributed by atoms with E-state index in [-0.39, 0.29) is 0 Å². The molecule has 1 aromatic rings. The largest absolute Gasteiger partial charge is 0.376 e. The average Bonchev–Trinajstić information content (AvgIpc) is 2.88. The van der Waals surface area contributed by atoms with E-state index in [0.29, 0.717) is 24.5 Å². The van der Waals surface area contributed by atoms with Crippen LogP contribution in [0.1, 0.15) is 75.9 Å². The summed E-state index contributed by atoms with van der Waals surface area (Å²) in [6.07, 6.45) is 10.1. The van der Waals surface area contributed by atoms with Gasteiger partial charge in [-0.25, -0.2) is 0 Å². The van der Waals surface area contributed by atoms with E-state index in [9.17, 15) is 0 Å². The minimum absolute atomic E-state index is 0.377. The van der Waals surface area contributed by atoms with E-state index in [2.05, 4.69) is 10.1 Å². The first-order chi connectivity index (χ1) is 9.65. The van der Waals surface area contributed by atoms with Crippen molar-refractivity contribution >= 4 is 0 Å². The second-order valence-corrected chi connectivity index (χ2v) is 6.57. The lowest BCUT2D eigenvalue weighted by Crippen LogP contribution is -2.41. The van der Waals surface area contributed by atoms with Crippen molar-refractivity contribution in [2.24, 2.45) is 5.73 Å². The minimum atomic E-state index is -0.661. The van der Waals surface area contributed by atoms with Gasteiger partial charge in [0.15, 0.2) is 5.82 Å². The summed E-state index contributed by atoms with van der Waals surface area (Å²) in [5.41, 5.74) is 5.64. The number of rotatable bonds is 5. The normalized spacial score (nSPS) is 24.3. The Balaban J connectivity index is 1.61. The molecule has 1 aromatic heterocycles. The van der Waals surface area contributed by atoms with E-state index in [1.54, 1.807) is 0 Å². The van der Waals surface area contributed by atoms with Gasteiger partial charge >= 0.3 is 0 Å². The van der Waals surface area contributed by atoms with Gasteiger partial charge in [0.2, 0.25) is 5.89 Å². The fourth-order valence-electron chi connectivity index (χ4n) is 2.88. The van der Waals surface area contributed by atoms with Crippen LogP contribution in [-0.2, 0) is 10.3 Å². The maximum atomic E-state index is 6.30. The Morgan fingerprint density at radius 3 is 2.60 bits per heavy atom.